The number of hydrogen-bond donors (Lipinski definition) is 1. The topological polar surface area (TPSA) is 71.5 Å². The van der Waals surface area contributed by atoms with Gasteiger partial charge in [0, 0.05) is 26.4 Å². The number of methoxy groups -OCH3 is 1. The third-order valence-corrected chi connectivity index (χ3v) is 4.88. The van der Waals surface area contributed by atoms with Crippen LogP contribution in [0.2, 0.25) is 0 Å². The first kappa shape index (κ1) is 15.1. The molecule has 0 unspecified atom stereocenters. The SMILES string of the molecule is CNc1ncccc1S(=O)(=O)N(C)c1cccc(OC)c1. The lowest BCUT2D eigenvalue weighted by Crippen LogP contribution is -2.27. The van der Waals surface area contributed by atoms with Gasteiger partial charge in [-0.15, -0.1) is 0 Å². The standard InChI is InChI=1S/C14H17N3O3S/c1-15-14-13(8-5-9-16-14)21(18,19)17(2)11-6-4-7-12(10-11)20-3/h4-10H,1-3H3,(H,15,16). The van der Waals surface area contributed by atoms with E-state index < -0.39 is 10.0 Å². The highest BCUT2D eigenvalue weighted by Gasteiger charge is 2.25. The van der Waals surface area contributed by atoms with E-state index >= 15 is 0 Å². The molecule has 2 aromatic rings. The molecule has 7 heteroatoms. The Hall–Kier alpha value is -2.28. The molecular weight excluding hydrogens is 290 g/mol. The Morgan fingerprint density at radius 2 is 2.00 bits per heavy atom. The largest absolute Gasteiger partial charge is 0.497 e. The summed E-state index contributed by atoms with van der Waals surface area (Å²) in [5, 5.41) is 2.79. The fourth-order valence-corrected chi connectivity index (χ4v) is 3.21. The van der Waals surface area contributed by atoms with Gasteiger partial charge in [-0.25, -0.2) is 13.4 Å². The zero-order chi connectivity index (χ0) is 15.5. The molecule has 0 saturated heterocycles. The molecule has 2 rings (SSSR count). The van der Waals surface area contributed by atoms with Crippen molar-refractivity contribution in [3.8, 4) is 5.75 Å². The Balaban J connectivity index is 2.47. The van der Waals surface area contributed by atoms with E-state index in [-0.39, 0.29) is 4.90 Å². The second kappa shape index (κ2) is 6.01. The summed E-state index contributed by atoms with van der Waals surface area (Å²) in [7, 11) is 0.957. The van der Waals surface area contributed by atoms with Crippen molar-refractivity contribution in [2.24, 2.45) is 0 Å². The molecule has 0 atom stereocenters. The van der Waals surface area contributed by atoms with Crippen molar-refractivity contribution in [1.29, 1.82) is 0 Å². The van der Waals surface area contributed by atoms with Crippen LogP contribution >= 0.6 is 0 Å². The van der Waals surface area contributed by atoms with Crippen LogP contribution in [-0.4, -0.2) is 34.6 Å². The quantitative estimate of drug-likeness (QED) is 0.914. The number of nitrogens with one attached hydrogen (secondary N) is 1. The van der Waals surface area contributed by atoms with Crippen LogP contribution in [0.15, 0.2) is 47.5 Å². The van der Waals surface area contributed by atoms with Crippen LogP contribution in [0.25, 0.3) is 0 Å². The van der Waals surface area contributed by atoms with E-state index in [1.807, 2.05) is 0 Å². The van der Waals surface area contributed by atoms with Crippen LogP contribution in [0.3, 0.4) is 0 Å². The number of pyridine rings is 1. The van der Waals surface area contributed by atoms with Crippen molar-refractivity contribution < 1.29 is 13.2 Å². The summed E-state index contributed by atoms with van der Waals surface area (Å²) in [6.45, 7) is 0. The molecule has 0 amide bonds. The predicted molar refractivity (Wildman–Crippen MR) is 82.4 cm³/mol. The van der Waals surface area contributed by atoms with E-state index in [9.17, 15) is 8.42 Å². The summed E-state index contributed by atoms with van der Waals surface area (Å²) in [6, 6.07) is 9.97. The molecule has 1 heterocycles. The molecule has 0 aliphatic heterocycles. The van der Waals surface area contributed by atoms with Crippen LogP contribution in [-0.2, 0) is 10.0 Å². The Morgan fingerprint density at radius 1 is 1.24 bits per heavy atom. The number of benzene rings is 1. The second-order valence-electron chi connectivity index (χ2n) is 4.27. The van der Waals surface area contributed by atoms with E-state index in [1.165, 1.54) is 30.7 Å². The van der Waals surface area contributed by atoms with Gasteiger partial charge >= 0.3 is 0 Å². The van der Waals surface area contributed by atoms with Crippen molar-refractivity contribution in [1.82, 2.24) is 4.98 Å². The first-order valence-electron chi connectivity index (χ1n) is 6.26. The maximum Gasteiger partial charge on any atom is 0.267 e. The van der Waals surface area contributed by atoms with Crippen molar-refractivity contribution in [2.75, 3.05) is 30.8 Å². The number of nitrogens with zero attached hydrogens (tertiary/aromatic N) is 2. The maximum atomic E-state index is 12.7. The fraction of sp³-hybridized carbons (Fsp3) is 0.214. The summed E-state index contributed by atoms with van der Waals surface area (Å²) in [4.78, 5) is 4.15. The zero-order valence-electron chi connectivity index (χ0n) is 12.1. The monoisotopic (exact) mass is 307 g/mol. The van der Waals surface area contributed by atoms with Crippen LogP contribution in [0.4, 0.5) is 11.5 Å². The van der Waals surface area contributed by atoms with Gasteiger partial charge in [-0.2, -0.15) is 0 Å². The number of hydrogen-bond acceptors (Lipinski definition) is 5. The van der Waals surface area contributed by atoms with Gasteiger partial charge in [-0.3, -0.25) is 4.31 Å². The lowest BCUT2D eigenvalue weighted by atomic mass is 10.3. The Kier molecular flexibility index (Phi) is 4.32. The molecule has 1 N–H and O–H groups in total. The van der Waals surface area contributed by atoms with E-state index in [2.05, 4.69) is 10.3 Å². The summed E-state index contributed by atoms with van der Waals surface area (Å²) < 4.78 is 31.8. The van der Waals surface area contributed by atoms with Crippen molar-refractivity contribution in [2.45, 2.75) is 4.90 Å². The average Bonchev–Trinajstić information content (AvgIpc) is 2.54. The van der Waals surface area contributed by atoms with Crippen LogP contribution in [0.1, 0.15) is 0 Å². The minimum absolute atomic E-state index is 0.123. The molecule has 0 radical (unpaired) electrons. The van der Waals surface area contributed by atoms with Gasteiger partial charge in [0.2, 0.25) is 0 Å². The molecule has 0 aliphatic carbocycles. The third kappa shape index (κ3) is 2.92. The van der Waals surface area contributed by atoms with E-state index in [1.54, 1.807) is 37.4 Å². The first-order valence-corrected chi connectivity index (χ1v) is 7.70. The van der Waals surface area contributed by atoms with Gasteiger partial charge in [0.25, 0.3) is 10.0 Å². The molecule has 1 aromatic heterocycles. The lowest BCUT2D eigenvalue weighted by Gasteiger charge is -2.21. The molecular formula is C14H17N3O3S. The van der Waals surface area contributed by atoms with Crippen LogP contribution in [0.5, 0.6) is 5.75 Å². The van der Waals surface area contributed by atoms with Crippen molar-refractivity contribution in [3.05, 3.63) is 42.6 Å². The Bertz CT molecular complexity index is 732. The van der Waals surface area contributed by atoms with E-state index in [4.69, 9.17) is 4.74 Å². The number of rotatable bonds is 5. The van der Waals surface area contributed by atoms with Gasteiger partial charge in [0.05, 0.1) is 12.8 Å². The molecule has 0 fully saturated rings. The van der Waals surface area contributed by atoms with Gasteiger partial charge < -0.3 is 10.1 Å². The number of aromatic nitrogens is 1. The molecule has 112 valence electrons. The number of ether oxygens (including phenoxy) is 1. The van der Waals surface area contributed by atoms with Crippen LogP contribution in [0, 0.1) is 0 Å². The van der Waals surface area contributed by atoms with E-state index in [0.717, 1.165) is 0 Å². The number of sulfonamides is 1. The smallest absolute Gasteiger partial charge is 0.267 e. The number of anilines is 2. The molecule has 1 aromatic carbocycles. The summed E-state index contributed by atoms with van der Waals surface area (Å²) in [5.74, 6) is 0.904. The predicted octanol–water partition coefficient (Wildman–Crippen LogP) is 1.96. The van der Waals surface area contributed by atoms with E-state index in [0.29, 0.717) is 17.3 Å². The van der Waals surface area contributed by atoms with Crippen molar-refractivity contribution in [3.63, 3.8) is 0 Å². The van der Waals surface area contributed by atoms with Crippen LogP contribution < -0.4 is 14.4 Å². The van der Waals surface area contributed by atoms with Gasteiger partial charge in [-0.1, -0.05) is 6.07 Å². The molecule has 0 saturated carbocycles. The second-order valence-corrected chi connectivity index (χ2v) is 6.21. The van der Waals surface area contributed by atoms with Gasteiger partial charge in [-0.05, 0) is 24.3 Å². The normalized spacial score (nSPS) is 11.0. The Labute approximate surface area is 124 Å². The first-order chi connectivity index (χ1) is 10.0. The zero-order valence-corrected chi connectivity index (χ0v) is 12.9. The molecule has 0 spiro atoms. The molecule has 6 nitrogen and oxygen atoms in total. The highest BCUT2D eigenvalue weighted by Crippen LogP contribution is 2.27. The van der Waals surface area contributed by atoms with Gasteiger partial charge in [0.15, 0.2) is 0 Å². The summed E-state index contributed by atoms with van der Waals surface area (Å²) in [6.07, 6.45) is 1.54. The molecule has 21 heavy (non-hydrogen) atoms. The summed E-state index contributed by atoms with van der Waals surface area (Å²) >= 11 is 0. The average molecular weight is 307 g/mol. The minimum Gasteiger partial charge on any atom is -0.497 e. The third-order valence-electron chi connectivity index (χ3n) is 3.06. The maximum absolute atomic E-state index is 12.7. The molecule has 0 bridgehead atoms. The Morgan fingerprint density at radius 3 is 2.67 bits per heavy atom. The highest BCUT2D eigenvalue weighted by atomic mass is 32.2. The minimum atomic E-state index is -3.71. The lowest BCUT2D eigenvalue weighted by molar-refractivity contribution is 0.415. The van der Waals surface area contributed by atoms with Crippen molar-refractivity contribution >= 4 is 21.5 Å². The van der Waals surface area contributed by atoms with Gasteiger partial charge in [0.1, 0.15) is 16.5 Å². The molecule has 0 aliphatic rings. The summed E-state index contributed by atoms with van der Waals surface area (Å²) in [5.41, 5.74) is 0.514. The highest BCUT2D eigenvalue weighted by molar-refractivity contribution is 7.93. The fourth-order valence-electron chi connectivity index (χ4n) is 1.88.